The predicted molar refractivity (Wildman–Crippen MR) is 85.8 cm³/mol. The van der Waals surface area contributed by atoms with E-state index in [1.54, 1.807) is 22.9 Å². The third-order valence-electron chi connectivity index (χ3n) is 3.67. The molecule has 3 nitrogen and oxygen atoms in total. The normalized spacial score (nSPS) is 19.0. The molecular formula is C16H15ClFNO2S. The average Bonchev–Trinajstić information content (AvgIpc) is 2.91. The van der Waals surface area contributed by atoms with Gasteiger partial charge in [0.15, 0.2) is 0 Å². The zero-order chi connectivity index (χ0) is 15.5. The number of carbonyl (C=O) groups is 1. The van der Waals surface area contributed by atoms with E-state index in [1.807, 2.05) is 12.1 Å². The minimum absolute atomic E-state index is 0.0365. The lowest BCUT2D eigenvalue weighted by Gasteiger charge is -2.21. The minimum Gasteiger partial charge on any atom is -0.468 e. The van der Waals surface area contributed by atoms with E-state index < -0.39 is 5.82 Å². The molecule has 0 bridgehead atoms. The number of nitrogens with zero attached hydrogens (tertiary/aromatic N) is 1. The van der Waals surface area contributed by atoms with Crippen LogP contribution in [0.25, 0.3) is 0 Å². The molecule has 1 amide bonds. The molecule has 1 unspecified atom stereocenters. The van der Waals surface area contributed by atoms with Crippen LogP contribution < -0.4 is 0 Å². The third-order valence-corrected chi connectivity index (χ3v) is 5.27. The Bertz CT molecular complexity index is 642. The zero-order valence-electron chi connectivity index (χ0n) is 11.8. The van der Waals surface area contributed by atoms with E-state index in [4.69, 9.17) is 16.0 Å². The highest BCUT2D eigenvalue weighted by Gasteiger charge is 2.26. The summed E-state index contributed by atoms with van der Waals surface area (Å²) in [6.45, 7) is 1.13. The molecule has 1 saturated heterocycles. The highest BCUT2D eigenvalue weighted by Crippen LogP contribution is 2.35. The first kappa shape index (κ1) is 15.4. The Labute approximate surface area is 137 Å². The van der Waals surface area contributed by atoms with Crippen molar-refractivity contribution >= 4 is 29.3 Å². The molecule has 3 rings (SSSR count). The van der Waals surface area contributed by atoms with Crippen LogP contribution in [0.5, 0.6) is 0 Å². The van der Waals surface area contributed by atoms with Crippen LogP contribution >= 0.6 is 23.4 Å². The summed E-state index contributed by atoms with van der Waals surface area (Å²) in [7, 11) is 0. The van der Waals surface area contributed by atoms with Gasteiger partial charge in [0.1, 0.15) is 11.6 Å². The first-order valence-electron chi connectivity index (χ1n) is 7.05. The fourth-order valence-corrected chi connectivity index (χ4v) is 3.96. The van der Waals surface area contributed by atoms with Gasteiger partial charge in [0.2, 0.25) is 0 Å². The Kier molecular flexibility index (Phi) is 4.74. The topological polar surface area (TPSA) is 33.5 Å². The molecule has 1 atom stereocenters. The van der Waals surface area contributed by atoms with Gasteiger partial charge in [-0.2, -0.15) is 0 Å². The lowest BCUT2D eigenvalue weighted by molar-refractivity contribution is 0.0761. The van der Waals surface area contributed by atoms with Gasteiger partial charge in [0, 0.05) is 18.8 Å². The molecule has 0 saturated carbocycles. The molecule has 1 aromatic heterocycles. The van der Waals surface area contributed by atoms with Crippen LogP contribution in [-0.4, -0.2) is 29.6 Å². The number of hydrogen-bond acceptors (Lipinski definition) is 3. The summed E-state index contributed by atoms with van der Waals surface area (Å²) in [4.78, 5) is 14.2. The fourth-order valence-electron chi connectivity index (χ4n) is 2.54. The minimum atomic E-state index is -0.572. The first-order chi connectivity index (χ1) is 10.7. The molecule has 6 heteroatoms. The van der Waals surface area contributed by atoms with Crippen LogP contribution in [0.15, 0.2) is 41.0 Å². The largest absolute Gasteiger partial charge is 0.468 e. The average molecular weight is 340 g/mol. The van der Waals surface area contributed by atoms with E-state index >= 15 is 0 Å². The van der Waals surface area contributed by atoms with E-state index in [1.165, 1.54) is 18.2 Å². The maximum atomic E-state index is 13.9. The van der Waals surface area contributed by atoms with Gasteiger partial charge in [-0.15, -0.1) is 11.8 Å². The molecule has 0 radical (unpaired) electrons. The van der Waals surface area contributed by atoms with Crippen molar-refractivity contribution in [3.63, 3.8) is 0 Å². The molecule has 1 aromatic carbocycles. The molecule has 22 heavy (non-hydrogen) atoms. The van der Waals surface area contributed by atoms with E-state index in [0.29, 0.717) is 13.1 Å². The van der Waals surface area contributed by atoms with Gasteiger partial charge in [-0.1, -0.05) is 17.7 Å². The Morgan fingerprint density at radius 3 is 2.91 bits per heavy atom. The predicted octanol–water partition coefficient (Wildman–Crippen LogP) is 4.39. The first-order valence-corrected chi connectivity index (χ1v) is 8.48. The fraction of sp³-hybridized carbons (Fsp3) is 0.312. The number of thioether (sulfide) groups is 1. The molecule has 0 spiro atoms. The molecule has 1 fully saturated rings. The molecule has 2 heterocycles. The lowest BCUT2D eigenvalue weighted by Crippen LogP contribution is -2.33. The van der Waals surface area contributed by atoms with E-state index in [0.717, 1.165) is 17.9 Å². The quantitative estimate of drug-likeness (QED) is 0.813. The van der Waals surface area contributed by atoms with Crippen LogP contribution in [0, 0.1) is 5.82 Å². The smallest absolute Gasteiger partial charge is 0.258 e. The van der Waals surface area contributed by atoms with Gasteiger partial charge in [0.05, 0.1) is 22.1 Å². The van der Waals surface area contributed by atoms with Gasteiger partial charge >= 0.3 is 0 Å². The molecule has 0 N–H and O–H groups in total. The summed E-state index contributed by atoms with van der Waals surface area (Å²) < 4.78 is 19.3. The van der Waals surface area contributed by atoms with Crippen molar-refractivity contribution in [3.05, 3.63) is 58.8 Å². The molecule has 1 aliphatic rings. The summed E-state index contributed by atoms with van der Waals surface area (Å²) in [5, 5.41) is 0.383. The van der Waals surface area contributed by atoms with Crippen molar-refractivity contribution in [2.45, 2.75) is 11.7 Å². The van der Waals surface area contributed by atoms with Crippen LogP contribution in [0.4, 0.5) is 4.39 Å². The van der Waals surface area contributed by atoms with E-state index in [-0.39, 0.29) is 21.7 Å². The van der Waals surface area contributed by atoms with Crippen molar-refractivity contribution in [1.82, 2.24) is 4.90 Å². The van der Waals surface area contributed by atoms with Gasteiger partial charge in [-0.05, 0) is 30.7 Å². The van der Waals surface area contributed by atoms with Crippen LogP contribution in [0.3, 0.4) is 0 Å². The molecule has 1 aliphatic heterocycles. The van der Waals surface area contributed by atoms with E-state index in [2.05, 4.69) is 0 Å². The second kappa shape index (κ2) is 6.75. The Balaban J connectivity index is 1.74. The molecule has 2 aromatic rings. The van der Waals surface area contributed by atoms with Gasteiger partial charge in [-0.25, -0.2) is 4.39 Å². The standard InChI is InChI=1S/C16H15ClFNO2S/c17-11-3-1-4-12(18)15(11)16(20)19-7-6-14(22-10-8-19)13-5-2-9-21-13/h1-5,9,14H,6-8,10H2. The van der Waals surface area contributed by atoms with Crippen molar-refractivity contribution < 1.29 is 13.6 Å². The Hall–Kier alpha value is -1.46. The number of hydrogen-bond donors (Lipinski definition) is 0. The highest BCUT2D eigenvalue weighted by atomic mass is 35.5. The maximum absolute atomic E-state index is 13.9. The monoisotopic (exact) mass is 339 g/mol. The molecule has 116 valence electrons. The summed E-state index contributed by atoms with van der Waals surface area (Å²) in [5.74, 6) is 0.785. The van der Waals surface area contributed by atoms with Gasteiger partial charge in [0.25, 0.3) is 5.91 Å². The Morgan fingerprint density at radius 2 is 2.18 bits per heavy atom. The van der Waals surface area contributed by atoms with Crippen LogP contribution in [-0.2, 0) is 0 Å². The van der Waals surface area contributed by atoms with Gasteiger partial charge < -0.3 is 9.32 Å². The third kappa shape index (κ3) is 3.15. The zero-order valence-corrected chi connectivity index (χ0v) is 13.4. The number of benzene rings is 1. The van der Waals surface area contributed by atoms with Crippen LogP contribution in [0.2, 0.25) is 5.02 Å². The number of furan rings is 1. The van der Waals surface area contributed by atoms with Crippen LogP contribution in [0.1, 0.15) is 27.8 Å². The van der Waals surface area contributed by atoms with Crippen molar-refractivity contribution in [2.75, 3.05) is 18.8 Å². The number of rotatable bonds is 2. The van der Waals surface area contributed by atoms with E-state index in [9.17, 15) is 9.18 Å². The summed E-state index contributed by atoms with van der Waals surface area (Å²) in [6, 6.07) is 8.11. The second-order valence-corrected chi connectivity index (χ2v) is 6.77. The highest BCUT2D eigenvalue weighted by molar-refractivity contribution is 7.99. The molecule has 0 aliphatic carbocycles. The number of halogens is 2. The lowest BCUT2D eigenvalue weighted by atomic mass is 10.1. The summed E-state index contributed by atoms with van der Waals surface area (Å²) >= 11 is 7.74. The number of amides is 1. The second-order valence-electron chi connectivity index (χ2n) is 5.05. The SMILES string of the molecule is O=C(c1c(F)cccc1Cl)N1CCSC(c2ccco2)CC1. The summed E-state index contributed by atoms with van der Waals surface area (Å²) in [5.41, 5.74) is -0.0365. The van der Waals surface area contributed by atoms with Crippen molar-refractivity contribution in [2.24, 2.45) is 0 Å². The Morgan fingerprint density at radius 1 is 1.32 bits per heavy atom. The maximum Gasteiger partial charge on any atom is 0.258 e. The van der Waals surface area contributed by atoms with Crippen molar-refractivity contribution in [1.29, 1.82) is 0 Å². The van der Waals surface area contributed by atoms with Gasteiger partial charge in [-0.3, -0.25) is 4.79 Å². The number of carbonyl (C=O) groups excluding carboxylic acids is 1. The summed E-state index contributed by atoms with van der Waals surface area (Å²) in [6.07, 6.45) is 2.43. The van der Waals surface area contributed by atoms with Crippen molar-refractivity contribution in [3.8, 4) is 0 Å². The molecular weight excluding hydrogens is 325 g/mol.